The topological polar surface area (TPSA) is 99.6 Å². The summed E-state index contributed by atoms with van der Waals surface area (Å²) < 4.78 is 16.2. The Morgan fingerprint density at radius 1 is 1.10 bits per heavy atom. The fourth-order valence-corrected chi connectivity index (χ4v) is 3.17. The number of fused-ring (bicyclic) bond motifs is 1. The lowest BCUT2D eigenvalue weighted by Crippen LogP contribution is -2.12. The molecule has 0 saturated carbocycles. The van der Waals surface area contributed by atoms with Gasteiger partial charge in [-0.1, -0.05) is 0 Å². The quantitative estimate of drug-likeness (QED) is 0.508. The Bertz CT molecular complexity index is 1190. The lowest BCUT2D eigenvalue weighted by molar-refractivity contribution is 0.0997. The Labute approximate surface area is 167 Å². The summed E-state index contributed by atoms with van der Waals surface area (Å²) in [7, 11) is 3.10. The number of pyridine rings is 1. The predicted molar refractivity (Wildman–Crippen MR) is 111 cm³/mol. The number of nitrogens with one attached hydrogen (secondary N) is 1. The summed E-state index contributed by atoms with van der Waals surface area (Å²) in [5.41, 5.74) is 8.90. The van der Waals surface area contributed by atoms with Gasteiger partial charge < -0.3 is 24.9 Å². The molecule has 7 heteroatoms. The summed E-state index contributed by atoms with van der Waals surface area (Å²) in [6, 6.07) is 14.6. The molecule has 7 nitrogen and oxygen atoms in total. The van der Waals surface area contributed by atoms with E-state index in [9.17, 15) is 4.79 Å². The first-order valence-electron chi connectivity index (χ1n) is 8.85. The average molecular weight is 389 g/mol. The molecule has 1 amide bonds. The van der Waals surface area contributed by atoms with Crippen molar-refractivity contribution >= 4 is 28.2 Å². The summed E-state index contributed by atoms with van der Waals surface area (Å²) in [6.07, 6.45) is 3.30. The van der Waals surface area contributed by atoms with E-state index in [1.54, 1.807) is 31.7 Å². The van der Waals surface area contributed by atoms with Gasteiger partial charge in [0.05, 0.1) is 31.6 Å². The molecule has 2 aromatic carbocycles. The zero-order valence-corrected chi connectivity index (χ0v) is 15.9. The van der Waals surface area contributed by atoms with Gasteiger partial charge in [-0.3, -0.25) is 9.78 Å². The molecular weight excluding hydrogens is 370 g/mol. The van der Waals surface area contributed by atoms with Gasteiger partial charge in [0.1, 0.15) is 17.3 Å². The van der Waals surface area contributed by atoms with E-state index >= 15 is 0 Å². The molecule has 0 spiro atoms. The largest absolute Gasteiger partial charge is 0.497 e. The smallest absolute Gasteiger partial charge is 0.252 e. The van der Waals surface area contributed by atoms with E-state index in [0.717, 1.165) is 28.1 Å². The van der Waals surface area contributed by atoms with Crippen molar-refractivity contribution in [3.05, 3.63) is 66.6 Å². The van der Waals surface area contributed by atoms with Crippen LogP contribution in [0.25, 0.3) is 22.2 Å². The molecule has 0 bridgehead atoms. The molecule has 0 atom stereocenters. The maximum absolute atomic E-state index is 11.8. The number of nitrogens with two attached hydrogens (primary N) is 1. The average Bonchev–Trinajstić information content (AvgIpc) is 3.27. The Morgan fingerprint density at radius 2 is 1.97 bits per heavy atom. The first-order valence-corrected chi connectivity index (χ1v) is 8.85. The van der Waals surface area contributed by atoms with Crippen molar-refractivity contribution in [1.82, 2.24) is 4.98 Å². The van der Waals surface area contributed by atoms with Gasteiger partial charge in [-0.2, -0.15) is 0 Å². The summed E-state index contributed by atoms with van der Waals surface area (Å²) in [4.78, 5) is 16.2. The van der Waals surface area contributed by atoms with E-state index < -0.39 is 5.91 Å². The monoisotopic (exact) mass is 389 g/mol. The van der Waals surface area contributed by atoms with Crippen LogP contribution in [0.5, 0.6) is 11.5 Å². The molecule has 4 rings (SSSR count). The van der Waals surface area contributed by atoms with Crippen LogP contribution in [0.3, 0.4) is 0 Å². The van der Waals surface area contributed by atoms with Crippen molar-refractivity contribution < 1.29 is 18.7 Å². The van der Waals surface area contributed by atoms with Gasteiger partial charge in [0, 0.05) is 40.7 Å². The van der Waals surface area contributed by atoms with E-state index in [1.165, 1.54) is 7.11 Å². The lowest BCUT2D eigenvalue weighted by Gasteiger charge is -2.14. The number of furan rings is 1. The van der Waals surface area contributed by atoms with Gasteiger partial charge in [0.15, 0.2) is 0 Å². The third-order valence-corrected chi connectivity index (χ3v) is 4.56. The zero-order valence-electron chi connectivity index (χ0n) is 15.9. The number of methoxy groups -OCH3 is 2. The minimum Gasteiger partial charge on any atom is -0.497 e. The first-order chi connectivity index (χ1) is 14.1. The SMILES string of the molecule is COc1cc(Nc2ccnc3cc(OC)c(C(N)=O)cc23)cc(-c2ccco2)c1. The number of benzene rings is 2. The van der Waals surface area contributed by atoms with E-state index in [0.29, 0.717) is 17.0 Å². The number of hydrogen-bond acceptors (Lipinski definition) is 6. The number of primary amides is 1. The molecule has 0 aliphatic rings. The number of rotatable bonds is 6. The van der Waals surface area contributed by atoms with Crippen LogP contribution in [0.1, 0.15) is 10.4 Å². The summed E-state index contributed by atoms with van der Waals surface area (Å²) in [5, 5.41) is 4.11. The molecule has 0 radical (unpaired) electrons. The number of nitrogens with zero attached hydrogens (tertiary/aromatic N) is 1. The molecule has 2 heterocycles. The third-order valence-electron chi connectivity index (χ3n) is 4.56. The highest BCUT2D eigenvalue weighted by atomic mass is 16.5. The molecule has 0 aliphatic carbocycles. The number of carbonyl (C=O) groups is 1. The second kappa shape index (κ2) is 7.55. The number of ether oxygens (including phenoxy) is 2. The van der Waals surface area contributed by atoms with E-state index in [1.807, 2.05) is 36.4 Å². The second-order valence-corrected chi connectivity index (χ2v) is 6.34. The van der Waals surface area contributed by atoms with Crippen LogP contribution in [0.2, 0.25) is 0 Å². The van der Waals surface area contributed by atoms with Crippen LogP contribution >= 0.6 is 0 Å². The fourth-order valence-electron chi connectivity index (χ4n) is 3.17. The Hall–Kier alpha value is -4.00. The maximum atomic E-state index is 11.8. The highest BCUT2D eigenvalue weighted by Gasteiger charge is 2.14. The second-order valence-electron chi connectivity index (χ2n) is 6.34. The van der Waals surface area contributed by atoms with Gasteiger partial charge in [0.2, 0.25) is 0 Å². The van der Waals surface area contributed by atoms with Crippen LogP contribution in [-0.4, -0.2) is 25.1 Å². The number of anilines is 2. The van der Waals surface area contributed by atoms with Gasteiger partial charge in [-0.15, -0.1) is 0 Å². The molecule has 3 N–H and O–H groups in total. The Balaban J connectivity index is 1.81. The molecule has 0 unspecified atom stereocenters. The normalized spacial score (nSPS) is 10.7. The molecule has 29 heavy (non-hydrogen) atoms. The Kier molecular flexibility index (Phi) is 4.78. The van der Waals surface area contributed by atoms with Gasteiger partial charge in [-0.25, -0.2) is 0 Å². The maximum Gasteiger partial charge on any atom is 0.252 e. The van der Waals surface area contributed by atoms with Crippen LogP contribution < -0.4 is 20.5 Å². The Morgan fingerprint density at radius 3 is 2.66 bits per heavy atom. The van der Waals surface area contributed by atoms with E-state index in [-0.39, 0.29) is 5.56 Å². The summed E-state index contributed by atoms with van der Waals surface area (Å²) in [6.45, 7) is 0. The van der Waals surface area contributed by atoms with Crippen LogP contribution in [0.4, 0.5) is 11.4 Å². The molecular formula is C22H19N3O4. The van der Waals surface area contributed by atoms with Crippen molar-refractivity contribution in [2.75, 3.05) is 19.5 Å². The summed E-state index contributed by atoms with van der Waals surface area (Å²) in [5.74, 6) is 1.22. The van der Waals surface area contributed by atoms with E-state index in [2.05, 4.69) is 10.3 Å². The van der Waals surface area contributed by atoms with Crippen molar-refractivity contribution in [2.45, 2.75) is 0 Å². The number of hydrogen-bond donors (Lipinski definition) is 2. The molecule has 0 aliphatic heterocycles. The lowest BCUT2D eigenvalue weighted by atomic mass is 10.1. The highest BCUT2D eigenvalue weighted by Crippen LogP contribution is 2.34. The van der Waals surface area contributed by atoms with Crippen molar-refractivity contribution in [1.29, 1.82) is 0 Å². The molecule has 2 aromatic heterocycles. The number of carbonyl (C=O) groups excluding carboxylic acids is 1. The van der Waals surface area contributed by atoms with E-state index in [4.69, 9.17) is 19.6 Å². The minimum atomic E-state index is -0.569. The standard InChI is InChI=1S/C22H19N3O4/c1-27-15-9-13(20-4-3-7-29-20)8-14(10-15)25-18-5-6-24-19-12-21(28-2)17(22(23)26)11-16(18)19/h3-12H,1-2H3,(H2,23,26)(H,24,25). The number of amides is 1. The fraction of sp³-hybridized carbons (Fsp3) is 0.0909. The van der Waals surface area contributed by atoms with Gasteiger partial charge >= 0.3 is 0 Å². The van der Waals surface area contributed by atoms with Crippen LogP contribution in [-0.2, 0) is 0 Å². The van der Waals surface area contributed by atoms with Crippen LogP contribution in [0.15, 0.2) is 65.4 Å². The predicted octanol–water partition coefficient (Wildman–Crippen LogP) is 4.35. The first kappa shape index (κ1) is 18.4. The van der Waals surface area contributed by atoms with Gasteiger partial charge in [-0.05, 0) is 36.4 Å². The van der Waals surface area contributed by atoms with Crippen molar-refractivity contribution in [2.24, 2.45) is 5.73 Å². The number of aromatic nitrogens is 1. The zero-order chi connectivity index (χ0) is 20.4. The molecule has 4 aromatic rings. The van der Waals surface area contributed by atoms with Crippen LogP contribution in [0, 0.1) is 0 Å². The summed E-state index contributed by atoms with van der Waals surface area (Å²) >= 11 is 0. The molecule has 0 fully saturated rings. The van der Waals surface area contributed by atoms with Crippen molar-refractivity contribution in [3.8, 4) is 22.8 Å². The molecule has 146 valence electrons. The highest BCUT2D eigenvalue weighted by molar-refractivity contribution is 6.03. The van der Waals surface area contributed by atoms with Gasteiger partial charge in [0.25, 0.3) is 5.91 Å². The van der Waals surface area contributed by atoms with Crippen molar-refractivity contribution in [3.63, 3.8) is 0 Å². The minimum absolute atomic E-state index is 0.290. The third kappa shape index (κ3) is 3.58. The molecule has 0 saturated heterocycles.